The van der Waals surface area contributed by atoms with E-state index in [-0.39, 0.29) is 35.4 Å². The van der Waals surface area contributed by atoms with Crippen LogP contribution in [-0.2, 0) is 0 Å². The lowest BCUT2D eigenvalue weighted by Gasteiger charge is -2.51. The lowest BCUT2D eigenvalue weighted by molar-refractivity contribution is -0.00349. The third-order valence-corrected chi connectivity index (χ3v) is 6.94. The number of aryl methyl sites for hydroxylation is 1. The summed E-state index contributed by atoms with van der Waals surface area (Å²) in [5.41, 5.74) is 2.45. The van der Waals surface area contributed by atoms with Gasteiger partial charge in [0.25, 0.3) is 5.91 Å². The second kappa shape index (κ2) is 6.52. The van der Waals surface area contributed by atoms with Gasteiger partial charge in [0, 0.05) is 18.5 Å². The first-order chi connectivity index (χ1) is 13.5. The summed E-state index contributed by atoms with van der Waals surface area (Å²) < 4.78 is 0. The molecule has 6 rings (SSSR count). The van der Waals surface area contributed by atoms with Crippen molar-refractivity contribution in [2.45, 2.75) is 37.8 Å². The van der Waals surface area contributed by atoms with E-state index in [4.69, 9.17) is 0 Å². The van der Waals surface area contributed by atoms with Crippen LogP contribution in [0.15, 0.2) is 42.5 Å². The fraction of sp³-hybridized carbons (Fsp3) is 0.435. The quantitative estimate of drug-likeness (QED) is 0.843. The average Bonchev–Trinajstić information content (AvgIpc) is 3.13. The monoisotopic (exact) mass is 378 g/mol. The van der Waals surface area contributed by atoms with Crippen LogP contribution in [0.3, 0.4) is 0 Å². The molecule has 2 bridgehead atoms. The SMILES string of the molecule is Cc1ccc(O)c(C(=O)N2C[C@H](c3cccc(O)c3)[C@H]3[C@@H]2C2CCN3CC2)c1. The predicted octanol–water partition coefficient (Wildman–Crippen LogP) is 3.11. The van der Waals surface area contributed by atoms with E-state index in [9.17, 15) is 15.0 Å². The fourth-order valence-electron chi connectivity index (χ4n) is 5.68. The number of piperidine rings is 3. The molecule has 146 valence electrons. The standard InChI is InChI=1S/C23H26N2O3/c1-14-5-6-20(27)18(11-14)23(28)25-13-19(16-3-2-4-17(26)12-16)22-21(25)15-7-9-24(22)10-8-15/h2-6,11-12,15,19,21-22,26-27H,7-10,13H2,1H3/t19-,21+,22+/m1/s1. The maximum absolute atomic E-state index is 13.5. The van der Waals surface area contributed by atoms with Crippen molar-refractivity contribution in [3.63, 3.8) is 0 Å². The second-order valence-corrected chi connectivity index (χ2v) is 8.53. The van der Waals surface area contributed by atoms with Crippen molar-refractivity contribution in [2.24, 2.45) is 5.92 Å². The van der Waals surface area contributed by atoms with E-state index in [2.05, 4.69) is 11.0 Å². The van der Waals surface area contributed by atoms with Crippen molar-refractivity contribution in [3.05, 3.63) is 59.2 Å². The zero-order valence-corrected chi connectivity index (χ0v) is 16.1. The van der Waals surface area contributed by atoms with Crippen LogP contribution < -0.4 is 0 Å². The Balaban J connectivity index is 1.55. The van der Waals surface area contributed by atoms with Gasteiger partial charge >= 0.3 is 0 Å². The minimum Gasteiger partial charge on any atom is -0.508 e. The molecule has 4 heterocycles. The van der Waals surface area contributed by atoms with Crippen LogP contribution in [0.5, 0.6) is 11.5 Å². The number of likely N-dealkylation sites (tertiary alicyclic amines) is 1. The van der Waals surface area contributed by atoms with Gasteiger partial charge in [0.05, 0.1) is 11.6 Å². The zero-order chi connectivity index (χ0) is 19.4. The number of nitrogens with zero attached hydrogens (tertiary/aromatic N) is 2. The van der Waals surface area contributed by atoms with E-state index in [0.717, 1.165) is 37.1 Å². The highest BCUT2D eigenvalue weighted by Crippen LogP contribution is 2.47. The van der Waals surface area contributed by atoms with Crippen LogP contribution in [0.25, 0.3) is 0 Å². The maximum Gasteiger partial charge on any atom is 0.257 e. The largest absolute Gasteiger partial charge is 0.508 e. The number of phenols is 2. The Kier molecular flexibility index (Phi) is 4.09. The summed E-state index contributed by atoms with van der Waals surface area (Å²) in [7, 11) is 0. The van der Waals surface area contributed by atoms with Crippen LogP contribution in [0, 0.1) is 12.8 Å². The van der Waals surface area contributed by atoms with E-state index >= 15 is 0 Å². The molecule has 2 aromatic carbocycles. The van der Waals surface area contributed by atoms with E-state index < -0.39 is 0 Å². The van der Waals surface area contributed by atoms with Crippen LogP contribution in [-0.4, -0.2) is 57.6 Å². The Bertz CT molecular complexity index is 920. The Morgan fingerprint density at radius 3 is 2.57 bits per heavy atom. The molecule has 5 heteroatoms. The van der Waals surface area contributed by atoms with Crippen LogP contribution in [0.2, 0.25) is 0 Å². The summed E-state index contributed by atoms with van der Waals surface area (Å²) in [4.78, 5) is 18.0. The van der Waals surface area contributed by atoms with Crippen LogP contribution in [0.4, 0.5) is 0 Å². The molecular formula is C23H26N2O3. The number of amides is 1. The number of aromatic hydroxyl groups is 2. The third kappa shape index (κ3) is 2.68. The molecule has 2 aromatic rings. The Labute approximate surface area is 165 Å². The van der Waals surface area contributed by atoms with Crippen molar-refractivity contribution in [3.8, 4) is 11.5 Å². The van der Waals surface area contributed by atoms with E-state index in [1.165, 1.54) is 0 Å². The van der Waals surface area contributed by atoms with Gasteiger partial charge in [-0.1, -0.05) is 23.8 Å². The summed E-state index contributed by atoms with van der Waals surface area (Å²) >= 11 is 0. The van der Waals surface area contributed by atoms with Crippen molar-refractivity contribution in [2.75, 3.05) is 19.6 Å². The van der Waals surface area contributed by atoms with Gasteiger partial charge in [-0.25, -0.2) is 0 Å². The minimum atomic E-state index is -0.0763. The molecule has 1 amide bonds. The van der Waals surface area contributed by atoms with Gasteiger partial charge in [0.2, 0.25) is 0 Å². The molecule has 0 radical (unpaired) electrons. The Morgan fingerprint density at radius 2 is 1.82 bits per heavy atom. The van der Waals surface area contributed by atoms with Gasteiger partial charge in [-0.3, -0.25) is 9.69 Å². The first-order valence-corrected chi connectivity index (χ1v) is 10.2. The summed E-state index contributed by atoms with van der Waals surface area (Å²) in [6.45, 7) is 4.72. The zero-order valence-electron chi connectivity index (χ0n) is 16.1. The van der Waals surface area contributed by atoms with Gasteiger partial charge < -0.3 is 15.1 Å². The fourth-order valence-corrected chi connectivity index (χ4v) is 5.68. The maximum atomic E-state index is 13.5. The second-order valence-electron chi connectivity index (χ2n) is 8.53. The Morgan fingerprint density at radius 1 is 1.04 bits per heavy atom. The Hall–Kier alpha value is -2.53. The number of rotatable bonds is 2. The van der Waals surface area contributed by atoms with E-state index in [1.54, 1.807) is 18.2 Å². The predicted molar refractivity (Wildman–Crippen MR) is 107 cm³/mol. The summed E-state index contributed by atoms with van der Waals surface area (Å²) in [6, 6.07) is 13.1. The third-order valence-electron chi connectivity index (χ3n) is 6.94. The minimum absolute atomic E-state index is 0.0502. The smallest absolute Gasteiger partial charge is 0.257 e. The molecule has 2 N–H and O–H groups in total. The molecule has 0 unspecified atom stereocenters. The topological polar surface area (TPSA) is 64.0 Å². The highest BCUT2D eigenvalue weighted by Gasteiger charge is 2.54. The molecule has 4 aliphatic heterocycles. The number of fused-ring (bicyclic) bond motifs is 2. The highest BCUT2D eigenvalue weighted by atomic mass is 16.3. The molecule has 28 heavy (non-hydrogen) atoms. The number of benzene rings is 2. The molecule has 4 fully saturated rings. The molecule has 0 spiro atoms. The molecule has 5 nitrogen and oxygen atoms in total. The number of carbonyl (C=O) groups is 1. The van der Waals surface area contributed by atoms with Crippen LogP contribution >= 0.6 is 0 Å². The van der Waals surface area contributed by atoms with Gasteiger partial charge in [-0.05, 0) is 68.6 Å². The van der Waals surface area contributed by atoms with Gasteiger partial charge in [0.15, 0.2) is 0 Å². The first kappa shape index (κ1) is 17.6. The van der Waals surface area contributed by atoms with Gasteiger partial charge in [-0.15, -0.1) is 0 Å². The summed E-state index contributed by atoms with van der Waals surface area (Å²) in [6.07, 6.45) is 2.25. The molecule has 0 aliphatic carbocycles. The van der Waals surface area contributed by atoms with E-state index in [0.29, 0.717) is 18.0 Å². The first-order valence-electron chi connectivity index (χ1n) is 10.2. The van der Waals surface area contributed by atoms with Gasteiger partial charge in [-0.2, -0.15) is 0 Å². The number of carbonyl (C=O) groups excluding carboxylic acids is 1. The normalized spacial score (nSPS) is 31.0. The van der Waals surface area contributed by atoms with Crippen molar-refractivity contribution in [1.82, 2.24) is 9.80 Å². The van der Waals surface area contributed by atoms with E-state index in [1.807, 2.05) is 30.0 Å². The summed E-state index contributed by atoms with van der Waals surface area (Å²) in [5.74, 6) is 0.928. The van der Waals surface area contributed by atoms with Crippen molar-refractivity contribution >= 4 is 5.91 Å². The number of hydrogen-bond donors (Lipinski definition) is 2. The van der Waals surface area contributed by atoms with Gasteiger partial charge in [0.1, 0.15) is 11.5 Å². The molecule has 3 atom stereocenters. The molecule has 0 aromatic heterocycles. The lowest BCUT2D eigenvalue weighted by atomic mass is 9.75. The highest BCUT2D eigenvalue weighted by molar-refractivity contribution is 5.97. The number of hydrogen-bond acceptors (Lipinski definition) is 4. The molecule has 0 saturated carbocycles. The summed E-state index contributed by atoms with van der Waals surface area (Å²) in [5, 5.41) is 20.3. The lowest BCUT2D eigenvalue weighted by Crippen LogP contribution is -2.60. The molecule has 4 saturated heterocycles. The number of phenolic OH excluding ortho intramolecular Hbond substituents is 2. The van der Waals surface area contributed by atoms with Crippen molar-refractivity contribution in [1.29, 1.82) is 0 Å². The average molecular weight is 378 g/mol. The molecule has 4 aliphatic rings. The van der Waals surface area contributed by atoms with Crippen LogP contribution in [0.1, 0.15) is 40.2 Å². The molecular weight excluding hydrogens is 352 g/mol. The van der Waals surface area contributed by atoms with Crippen molar-refractivity contribution < 1.29 is 15.0 Å².